The molecule has 0 aliphatic carbocycles. The van der Waals surface area contributed by atoms with Gasteiger partial charge in [0.2, 0.25) is 0 Å². The van der Waals surface area contributed by atoms with Crippen molar-refractivity contribution in [2.75, 3.05) is 44.0 Å². The van der Waals surface area contributed by atoms with Gasteiger partial charge in [0.05, 0.1) is 17.2 Å². The van der Waals surface area contributed by atoms with Crippen molar-refractivity contribution in [2.24, 2.45) is 0 Å². The predicted octanol–water partition coefficient (Wildman–Crippen LogP) is 1.57. The van der Waals surface area contributed by atoms with Gasteiger partial charge < -0.3 is 15.1 Å². The molecule has 128 valence electrons. The number of sulfone groups is 1. The van der Waals surface area contributed by atoms with Gasteiger partial charge in [0.15, 0.2) is 14.9 Å². The minimum Gasteiger partial charge on any atom is -0.344 e. The van der Waals surface area contributed by atoms with Crippen LogP contribution in [-0.4, -0.2) is 68.1 Å². The van der Waals surface area contributed by atoms with Gasteiger partial charge in [-0.3, -0.25) is 0 Å². The van der Waals surface area contributed by atoms with E-state index in [9.17, 15) is 12.8 Å². The molecule has 1 fully saturated rings. The Morgan fingerprint density at radius 2 is 2.04 bits per heavy atom. The summed E-state index contributed by atoms with van der Waals surface area (Å²) in [5.74, 6) is -0.112. The molecule has 1 atom stereocenters. The number of halogens is 1. The van der Waals surface area contributed by atoms with Crippen LogP contribution in [0.4, 0.5) is 10.1 Å². The summed E-state index contributed by atoms with van der Waals surface area (Å²) >= 11 is 5.42. The van der Waals surface area contributed by atoms with E-state index >= 15 is 0 Å². The fourth-order valence-corrected chi connectivity index (χ4v) is 4.61. The average Bonchev–Trinajstić information content (AvgIpc) is 2.81. The zero-order valence-corrected chi connectivity index (χ0v) is 15.0. The minimum atomic E-state index is -3.01. The molecule has 1 heterocycles. The fourth-order valence-electron chi connectivity index (χ4n) is 2.53. The molecule has 0 aromatic heterocycles. The number of likely N-dealkylation sites (N-methyl/N-ethyl adjacent to an activating group) is 1. The molecular weight excluding hydrogens is 337 g/mol. The summed E-state index contributed by atoms with van der Waals surface area (Å²) in [4.78, 5) is 3.87. The molecule has 1 saturated heterocycles. The Balaban J connectivity index is 2.12. The van der Waals surface area contributed by atoms with Crippen molar-refractivity contribution < 1.29 is 12.8 Å². The number of hydrogen-bond acceptors (Lipinski definition) is 4. The second kappa shape index (κ2) is 7.55. The molecular formula is C15H22FN3O2S2. The summed E-state index contributed by atoms with van der Waals surface area (Å²) in [5.41, 5.74) is 0.299. The molecule has 0 spiro atoms. The van der Waals surface area contributed by atoms with Gasteiger partial charge >= 0.3 is 0 Å². The summed E-state index contributed by atoms with van der Waals surface area (Å²) < 4.78 is 37.3. The highest BCUT2D eigenvalue weighted by Crippen LogP contribution is 2.20. The van der Waals surface area contributed by atoms with Crippen LogP contribution < -0.4 is 5.32 Å². The van der Waals surface area contributed by atoms with Gasteiger partial charge in [-0.25, -0.2) is 12.8 Å². The van der Waals surface area contributed by atoms with Gasteiger partial charge in [0.1, 0.15) is 5.82 Å². The molecule has 0 saturated carbocycles. The number of hydrogen-bond donors (Lipinski definition) is 1. The zero-order chi connectivity index (χ0) is 17.0. The highest BCUT2D eigenvalue weighted by atomic mass is 32.2. The van der Waals surface area contributed by atoms with Gasteiger partial charge in [0.25, 0.3) is 0 Å². The summed E-state index contributed by atoms with van der Waals surface area (Å²) in [7, 11) is 0.872. The van der Waals surface area contributed by atoms with Crippen molar-refractivity contribution in [3.05, 3.63) is 30.1 Å². The van der Waals surface area contributed by atoms with E-state index in [0.717, 1.165) is 6.54 Å². The standard InChI is InChI=1S/C15H22FN3O2S2/c1-18(2)8-9-19(12-7-10-23(20,21)11-12)15(22)17-14-6-4-3-5-13(14)16/h3-6,12H,7-11H2,1-2H3,(H,17,22)/t12-/m1/s1. The molecule has 1 aromatic carbocycles. The first-order chi connectivity index (χ1) is 10.8. The average molecular weight is 359 g/mol. The first kappa shape index (κ1) is 18.1. The number of benzene rings is 1. The van der Waals surface area contributed by atoms with Crippen molar-refractivity contribution in [1.82, 2.24) is 9.80 Å². The topological polar surface area (TPSA) is 52.6 Å². The van der Waals surface area contributed by atoms with Crippen LogP contribution in [0.2, 0.25) is 0 Å². The lowest BCUT2D eigenvalue weighted by Gasteiger charge is -2.32. The second-order valence-electron chi connectivity index (χ2n) is 5.96. The second-order valence-corrected chi connectivity index (χ2v) is 8.58. The summed E-state index contributed by atoms with van der Waals surface area (Å²) in [6.45, 7) is 1.32. The minimum absolute atomic E-state index is 0.0967. The maximum atomic E-state index is 13.8. The maximum absolute atomic E-state index is 13.8. The molecule has 0 bridgehead atoms. The normalized spacial score (nSPS) is 19.7. The molecule has 0 unspecified atom stereocenters. The van der Waals surface area contributed by atoms with Gasteiger partial charge in [0, 0.05) is 19.1 Å². The van der Waals surface area contributed by atoms with Crippen molar-refractivity contribution in [2.45, 2.75) is 12.5 Å². The number of thiocarbonyl (C=S) groups is 1. The van der Waals surface area contributed by atoms with Crippen molar-refractivity contribution >= 4 is 32.9 Å². The van der Waals surface area contributed by atoms with E-state index < -0.39 is 9.84 Å². The SMILES string of the molecule is CN(C)CCN(C(=S)Nc1ccccc1F)[C@@H]1CCS(=O)(=O)C1. The number of para-hydroxylation sites is 1. The molecule has 23 heavy (non-hydrogen) atoms. The van der Waals surface area contributed by atoms with Crippen LogP contribution in [0.1, 0.15) is 6.42 Å². The lowest BCUT2D eigenvalue weighted by atomic mass is 10.2. The third-order valence-electron chi connectivity index (χ3n) is 3.81. The molecule has 0 amide bonds. The highest BCUT2D eigenvalue weighted by molar-refractivity contribution is 7.91. The third kappa shape index (κ3) is 5.12. The Morgan fingerprint density at radius 3 is 2.61 bits per heavy atom. The number of nitrogens with zero attached hydrogens (tertiary/aromatic N) is 2. The van der Waals surface area contributed by atoms with E-state index in [1.165, 1.54) is 6.07 Å². The first-order valence-corrected chi connectivity index (χ1v) is 9.69. The van der Waals surface area contributed by atoms with E-state index in [1.54, 1.807) is 18.2 Å². The maximum Gasteiger partial charge on any atom is 0.173 e. The van der Waals surface area contributed by atoms with E-state index in [-0.39, 0.29) is 23.4 Å². The number of anilines is 1. The third-order valence-corrected chi connectivity index (χ3v) is 5.90. The number of nitrogens with one attached hydrogen (secondary N) is 1. The fraction of sp³-hybridized carbons (Fsp3) is 0.533. The van der Waals surface area contributed by atoms with Crippen LogP contribution in [0.25, 0.3) is 0 Å². The highest BCUT2D eigenvalue weighted by Gasteiger charge is 2.33. The molecule has 2 rings (SSSR count). The van der Waals surface area contributed by atoms with E-state index in [2.05, 4.69) is 5.32 Å². The van der Waals surface area contributed by atoms with Crippen LogP contribution in [0.15, 0.2) is 24.3 Å². The quantitative estimate of drug-likeness (QED) is 0.806. The van der Waals surface area contributed by atoms with Crippen molar-refractivity contribution in [3.63, 3.8) is 0 Å². The van der Waals surface area contributed by atoms with Gasteiger partial charge in [-0.1, -0.05) is 12.1 Å². The van der Waals surface area contributed by atoms with E-state index in [1.807, 2.05) is 23.9 Å². The van der Waals surface area contributed by atoms with Gasteiger partial charge in [-0.05, 0) is 44.9 Å². The lowest BCUT2D eigenvalue weighted by Crippen LogP contribution is -2.46. The van der Waals surface area contributed by atoms with Crippen LogP contribution in [0, 0.1) is 5.82 Å². The van der Waals surface area contributed by atoms with Gasteiger partial charge in [-0.15, -0.1) is 0 Å². The zero-order valence-electron chi connectivity index (χ0n) is 13.3. The Hall–Kier alpha value is -1.25. The first-order valence-electron chi connectivity index (χ1n) is 7.46. The van der Waals surface area contributed by atoms with Crippen molar-refractivity contribution in [1.29, 1.82) is 0 Å². The van der Waals surface area contributed by atoms with E-state index in [4.69, 9.17) is 12.2 Å². The molecule has 5 nitrogen and oxygen atoms in total. The number of rotatable bonds is 5. The summed E-state index contributed by atoms with van der Waals surface area (Å²) in [6, 6.07) is 6.13. The Labute approximate surface area is 142 Å². The molecule has 1 aliphatic heterocycles. The predicted molar refractivity (Wildman–Crippen MR) is 94.9 cm³/mol. The van der Waals surface area contributed by atoms with Crippen LogP contribution in [0.3, 0.4) is 0 Å². The molecule has 1 aromatic rings. The smallest absolute Gasteiger partial charge is 0.173 e. The monoisotopic (exact) mass is 359 g/mol. The largest absolute Gasteiger partial charge is 0.344 e. The van der Waals surface area contributed by atoms with Gasteiger partial charge in [-0.2, -0.15) is 0 Å². The lowest BCUT2D eigenvalue weighted by molar-refractivity contribution is 0.289. The Bertz CT molecular complexity index is 664. The Kier molecular flexibility index (Phi) is 5.94. The summed E-state index contributed by atoms with van der Waals surface area (Å²) in [5, 5.41) is 3.27. The van der Waals surface area contributed by atoms with Crippen LogP contribution in [0.5, 0.6) is 0 Å². The molecule has 1 N–H and O–H groups in total. The van der Waals surface area contributed by atoms with Crippen LogP contribution >= 0.6 is 12.2 Å². The van der Waals surface area contributed by atoms with Crippen LogP contribution in [-0.2, 0) is 9.84 Å². The van der Waals surface area contributed by atoms with Crippen molar-refractivity contribution in [3.8, 4) is 0 Å². The molecule has 0 radical (unpaired) electrons. The molecule has 8 heteroatoms. The summed E-state index contributed by atoms with van der Waals surface area (Å²) in [6.07, 6.45) is 0.550. The van der Waals surface area contributed by atoms with E-state index in [0.29, 0.717) is 23.8 Å². The molecule has 1 aliphatic rings. The Morgan fingerprint density at radius 1 is 1.35 bits per heavy atom.